The maximum absolute atomic E-state index is 13.3. The van der Waals surface area contributed by atoms with Crippen LogP contribution in [0.3, 0.4) is 0 Å². The standard InChI is InChI=1S/C22H24ClN3O2S/c1-17-5-9-21(10-6-17)29(27,28)26(15-18-7-8-18)16-22-24-11-12-25(22)14-19-3-2-4-20(23)13-19/h2-6,9-13,18H,7-8,14-16H2,1H3. The molecule has 2 aromatic carbocycles. The van der Waals surface area contributed by atoms with Gasteiger partial charge in [0.05, 0.1) is 11.4 Å². The Morgan fingerprint density at radius 3 is 2.62 bits per heavy atom. The van der Waals surface area contributed by atoms with E-state index in [0.717, 1.165) is 29.8 Å². The summed E-state index contributed by atoms with van der Waals surface area (Å²) < 4.78 is 30.2. The molecule has 0 atom stereocenters. The maximum atomic E-state index is 13.3. The fourth-order valence-corrected chi connectivity index (χ4v) is 5.00. The van der Waals surface area contributed by atoms with Gasteiger partial charge in [-0.3, -0.25) is 0 Å². The first-order valence-corrected chi connectivity index (χ1v) is 11.5. The molecule has 0 bridgehead atoms. The third kappa shape index (κ3) is 4.89. The van der Waals surface area contributed by atoms with Gasteiger partial charge < -0.3 is 4.57 Å². The number of aromatic nitrogens is 2. The lowest BCUT2D eigenvalue weighted by atomic mass is 10.2. The zero-order valence-electron chi connectivity index (χ0n) is 16.3. The number of halogens is 1. The van der Waals surface area contributed by atoms with Crippen molar-refractivity contribution < 1.29 is 8.42 Å². The second kappa shape index (κ2) is 8.30. The molecule has 1 aliphatic carbocycles. The second-order valence-electron chi connectivity index (χ2n) is 7.66. The normalized spacial score (nSPS) is 14.4. The number of imidazole rings is 1. The van der Waals surface area contributed by atoms with E-state index in [1.54, 1.807) is 22.6 Å². The predicted molar refractivity (Wildman–Crippen MR) is 114 cm³/mol. The quantitative estimate of drug-likeness (QED) is 0.530. The third-order valence-corrected chi connectivity index (χ3v) is 7.24. The van der Waals surface area contributed by atoms with Crippen LogP contribution in [0, 0.1) is 12.8 Å². The highest BCUT2D eigenvalue weighted by atomic mass is 35.5. The SMILES string of the molecule is Cc1ccc(S(=O)(=O)N(Cc2nccn2Cc2cccc(Cl)c2)CC2CC2)cc1. The van der Waals surface area contributed by atoms with Crippen molar-refractivity contribution in [3.05, 3.63) is 82.9 Å². The predicted octanol–water partition coefficient (Wildman–Crippen LogP) is 4.49. The minimum absolute atomic E-state index is 0.250. The Labute approximate surface area is 177 Å². The van der Waals surface area contributed by atoms with Gasteiger partial charge in [0.25, 0.3) is 0 Å². The van der Waals surface area contributed by atoms with Crippen LogP contribution < -0.4 is 0 Å². The largest absolute Gasteiger partial charge is 0.329 e. The number of sulfonamides is 1. The Morgan fingerprint density at radius 2 is 1.93 bits per heavy atom. The number of aryl methyl sites for hydroxylation is 1. The van der Waals surface area contributed by atoms with Crippen molar-refractivity contribution in [1.82, 2.24) is 13.9 Å². The maximum Gasteiger partial charge on any atom is 0.243 e. The molecule has 29 heavy (non-hydrogen) atoms. The highest BCUT2D eigenvalue weighted by molar-refractivity contribution is 7.89. The summed E-state index contributed by atoms with van der Waals surface area (Å²) in [6.07, 6.45) is 5.76. The Morgan fingerprint density at radius 1 is 1.17 bits per heavy atom. The van der Waals surface area contributed by atoms with Gasteiger partial charge in [0, 0.05) is 30.5 Å². The van der Waals surface area contributed by atoms with Gasteiger partial charge in [-0.1, -0.05) is 41.4 Å². The Bertz CT molecular complexity index is 1090. The highest BCUT2D eigenvalue weighted by Gasteiger charge is 2.32. The molecule has 0 unspecified atom stereocenters. The Hall–Kier alpha value is -2.15. The van der Waals surface area contributed by atoms with Gasteiger partial charge >= 0.3 is 0 Å². The van der Waals surface area contributed by atoms with Gasteiger partial charge in [0.1, 0.15) is 5.82 Å². The average molecular weight is 430 g/mol. The molecule has 0 saturated heterocycles. The molecule has 3 aromatic rings. The highest BCUT2D eigenvalue weighted by Crippen LogP contribution is 2.32. The molecule has 4 rings (SSSR count). The van der Waals surface area contributed by atoms with E-state index in [9.17, 15) is 8.42 Å². The molecule has 0 radical (unpaired) electrons. The van der Waals surface area contributed by atoms with Crippen molar-refractivity contribution in [2.45, 2.75) is 37.8 Å². The molecule has 5 nitrogen and oxygen atoms in total. The van der Waals surface area contributed by atoms with Crippen LogP contribution in [0.5, 0.6) is 0 Å². The summed E-state index contributed by atoms with van der Waals surface area (Å²) in [5, 5.41) is 0.682. The summed E-state index contributed by atoms with van der Waals surface area (Å²) in [6.45, 7) is 3.32. The van der Waals surface area contributed by atoms with Crippen LogP contribution in [0.25, 0.3) is 0 Å². The van der Waals surface area contributed by atoms with Crippen LogP contribution in [-0.4, -0.2) is 28.8 Å². The molecule has 7 heteroatoms. The van der Waals surface area contributed by atoms with Crippen molar-refractivity contribution in [3.63, 3.8) is 0 Å². The molecule has 1 fully saturated rings. The summed E-state index contributed by atoms with van der Waals surface area (Å²) in [5.74, 6) is 1.16. The minimum Gasteiger partial charge on any atom is -0.329 e. The number of hydrogen-bond donors (Lipinski definition) is 0. The van der Waals surface area contributed by atoms with E-state index >= 15 is 0 Å². The molecule has 0 aliphatic heterocycles. The van der Waals surface area contributed by atoms with Crippen LogP contribution >= 0.6 is 11.6 Å². The van der Waals surface area contributed by atoms with E-state index in [-0.39, 0.29) is 6.54 Å². The zero-order valence-corrected chi connectivity index (χ0v) is 17.9. The van der Waals surface area contributed by atoms with Gasteiger partial charge in [0.15, 0.2) is 0 Å². The lowest BCUT2D eigenvalue weighted by Crippen LogP contribution is -2.33. The van der Waals surface area contributed by atoms with Crippen LogP contribution in [-0.2, 0) is 23.1 Å². The second-order valence-corrected chi connectivity index (χ2v) is 10.0. The smallest absolute Gasteiger partial charge is 0.243 e. The topological polar surface area (TPSA) is 55.2 Å². The van der Waals surface area contributed by atoms with Gasteiger partial charge in [0.2, 0.25) is 10.0 Å². The van der Waals surface area contributed by atoms with Crippen LogP contribution in [0.2, 0.25) is 5.02 Å². The summed E-state index contributed by atoms with van der Waals surface area (Å²) in [5.41, 5.74) is 2.08. The first kappa shape index (κ1) is 20.1. The summed E-state index contributed by atoms with van der Waals surface area (Å²) in [7, 11) is -3.59. The van der Waals surface area contributed by atoms with Crippen molar-refractivity contribution in [2.75, 3.05) is 6.54 Å². The fraction of sp³-hybridized carbons (Fsp3) is 0.318. The lowest BCUT2D eigenvalue weighted by Gasteiger charge is -2.22. The molecule has 1 saturated carbocycles. The average Bonchev–Trinajstić information content (AvgIpc) is 3.40. The first-order valence-electron chi connectivity index (χ1n) is 9.73. The monoisotopic (exact) mass is 429 g/mol. The molecule has 0 spiro atoms. The van der Waals surface area contributed by atoms with E-state index in [4.69, 9.17) is 11.6 Å². The minimum atomic E-state index is -3.59. The van der Waals surface area contributed by atoms with Gasteiger partial charge in [-0.05, 0) is 55.5 Å². The van der Waals surface area contributed by atoms with Gasteiger partial charge in [-0.2, -0.15) is 4.31 Å². The molecular formula is C22H24ClN3O2S. The van der Waals surface area contributed by atoms with E-state index in [0.29, 0.717) is 28.9 Å². The molecule has 0 amide bonds. The van der Waals surface area contributed by atoms with E-state index < -0.39 is 10.0 Å². The van der Waals surface area contributed by atoms with E-state index in [1.165, 1.54) is 0 Å². The fourth-order valence-electron chi connectivity index (χ4n) is 3.32. The number of rotatable bonds is 8. The first-order chi connectivity index (χ1) is 13.9. The Balaban J connectivity index is 1.59. The van der Waals surface area contributed by atoms with Crippen molar-refractivity contribution in [2.24, 2.45) is 5.92 Å². The van der Waals surface area contributed by atoms with E-state index in [2.05, 4.69) is 4.98 Å². The lowest BCUT2D eigenvalue weighted by molar-refractivity contribution is 0.377. The third-order valence-electron chi connectivity index (χ3n) is 5.18. The summed E-state index contributed by atoms with van der Waals surface area (Å²) >= 11 is 6.10. The molecule has 1 aromatic heterocycles. The summed E-state index contributed by atoms with van der Waals surface area (Å²) in [6, 6.07) is 14.7. The van der Waals surface area contributed by atoms with Crippen LogP contribution in [0.4, 0.5) is 0 Å². The van der Waals surface area contributed by atoms with Gasteiger partial charge in [-0.15, -0.1) is 0 Å². The number of benzene rings is 2. The van der Waals surface area contributed by atoms with Crippen molar-refractivity contribution in [3.8, 4) is 0 Å². The molecule has 1 heterocycles. The zero-order chi connectivity index (χ0) is 20.4. The van der Waals surface area contributed by atoms with Gasteiger partial charge in [-0.25, -0.2) is 13.4 Å². The Kier molecular flexibility index (Phi) is 5.76. The summed E-state index contributed by atoms with van der Waals surface area (Å²) in [4.78, 5) is 4.78. The van der Waals surface area contributed by atoms with E-state index in [1.807, 2.05) is 54.1 Å². The van der Waals surface area contributed by atoms with Crippen molar-refractivity contribution >= 4 is 21.6 Å². The number of nitrogens with zero attached hydrogens (tertiary/aromatic N) is 3. The van der Waals surface area contributed by atoms with Crippen molar-refractivity contribution in [1.29, 1.82) is 0 Å². The molecule has 0 N–H and O–H groups in total. The molecule has 1 aliphatic rings. The van der Waals surface area contributed by atoms with Crippen LogP contribution in [0.1, 0.15) is 29.8 Å². The molecular weight excluding hydrogens is 406 g/mol. The van der Waals surface area contributed by atoms with Crippen LogP contribution in [0.15, 0.2) is 65.8 Å². The molecule has 152 valence electrons. The number of hydrogen-bond acceptors (Lipinski definition) is 3.